The second-order valence-electron chi connectivity index (χ2n) is 5.77. The smallest absolute Gasteiger partial charge is 0.121 e. The van der Waals surface area contributed by atoms with E-state index in [9.17, 15) is 0 Å². The van der Waals surface area contributed by atoms with Crippen LogP contribution in [0.3, 0.4) is 0 Å². The lowest BCUT2D eigenvalue weighted by Crippen LogP contribution is -2.30. The second kappa shape index (κ2) is 8.04. The molecule has 2 rings (SSSR count). The first-order valence-electron chi connectivity index (χ1n) is 8.09. The SMILES string of the molecule is CCCNC(c1ccco1)C(c1ccccc1)C(C)CC. The van der Waals surface area contributed by atoms with Gasteiger partial charge in [0.15, 0.2) is 0 Å². The molecule has 0 amide bonds. The number of nitrogens with one attached hydrogen (secondary N) is 1. The quantitative estimate of drug-likeness (QED) is 0.725. The van der Waals surface area contributed by atoms with Gasteiger partial charge < -0.3 is 9.73 Å². The molecule has 1 N–H and O–H groups in total. The molecule has 2 nitrogen and oxygen atoms in total. The van der Waals surface area contributed by atoms with Gasteiger partial charge in [-0.1, -0.05) is 57.5 Å². The lowest BCUT2D eigenvalue weighted by Gasteiger charge is -2.31. The molecule has 0 radical (unpaired) electrons. The minimum atomic E-state index is 0.234. The Bertz CT molecular complexity index is 492. The van der Waals surface area contributed by atoms with Gasteiger partial charge in [0.2, 0.25) is 0 Å². The molecule has 1 aromatic heterocycles. The molecule has 0 fully saturated rings. The van der Waals surface area contributed by atoms with Crippen LogP contribution < -0.4 is 5.32 Å². The Morgan fingerprint density at radius 1 is 1.05 bits per heavy atom. The summed E-state index contributed by atoms with van der Waals surface area (Å²) in [6, 6.07) is 15.1. The Morgan fingerprint density at radius 2 is 1.81 bits per heavy atom. The fourth-order valence-corrected chi connectivity index (χ4v) is 2.95. The van der Waals surface area contributed by atoms with Gasteiger partial charge in [0, 0.05) is 5.92 Å². The van der Waals surface area contributed by atoms with Crippen LogP contribution in [0.5, 0.6) is 0 Å². The maximum atomic E-state index is 5.73. The molecule has 0 aliphatic carbocycles. The van der Waals surface area contributed by atoms with Gasteiger partial charge in [0.25, 0.3) is 0 Å². The summed E-state index contributed by atoms with van der Waals surface area (Å²) in [5.74, 6) is 2.05. The predicted molar refractivity (Wildman–Crippen MR) is 88.4 cm³/mol. The Morgan fingerprint density at radius 3 is 2.38 bits per heavy atom. The molecular formula is C19H27NO. The van der Waals surface area contributed by atoms with E-state index in [1.165, 1.54) is 5.56 Å². The maximum absolute atomic E-state index is 5.73. The van der Waals surface area contributed by atoms with E-state index >= 15 is 0 Å². The molecular weight excluding hydrogens is 258 g/mol. The van der Waals surface area contributed by atoms with E-state index < -0.39 is 0 Å². The van der Waals surface area contributed by atoms with Crippen molar-refractivity contribution in [3.63, 3.8) is 0 Å². The normalized spacial score (nSPS) is 15.6. The topological polar surface area (TPSA) is 25.2 Å². The molecule has 0 aliphatic heterocycles. The number of rotatable bonds is 8. The summed E-state index contributed by atoms with van der Waals surface area (Å²) in [5, 5.41) is 3.69. The first-order chi connectivity index (χ1) is 10.3. The highest BCUT2D eigenvalue weighted by atomic mass is 16.3. The average Bonchev–Trinajstić information content (AvgIpc) is 3.05. The Kier molecular flexibility index (Phi) is 6.06. The highest BCUT2D eigenvalue weighted by molar-refractivity contribution is 5.25. The van der Waals surface area contributed by atoms with E-state index in [0.29, 0.717) is 11.8 Å². The summed E-state index contributed by atoms with van der Waals surface area (Å²) < 4.78 is 5.73. The van der Waals surface area contributed by atoms with Crippen molar-refractivity contribution in [2.24, 2.45) is 5.92 Å². The molecule has 3 unspecified atom stereocenters. The Balaban J connectivity index is 2.35. The van der Waals surface area contributed by atoms with Crippen LogP contribution in [0.25, 0.3) is 0 Å². The summed E-state index contributed by atoms with van der Waals surface area (Å²) >= 11 is 0. The number of hydrogen-bond donors (Lipinski definition) is 1. The van der Waals surface area contributed by atoms with Gasteiger partial charge in [-0.3, -0.25) is 0 Å². The minimum absolute atomic E-state index is 0.234. The molecule has 0 saturated heterocycles. The van der Waals surface area contributed by atoms with Gasteiger partial charge in [-0.05, 0) is 36.6 Å². The lowest BCUT2D eigenvalue weighted by atomic mass is 9.79. The van der Waals surface area contributed by atoms with Gasteiger partial charge >= 0.3 is 0 Å². The summed E-state index contributed by atoms with van der Waals surface area (Å²) in [4.78, 5) is 0. The van der Waals surface area contributed by atoms with Crippen molar-refractivity contribution in [3.8, 4) is 0 Å². The standard InChI is InChI=1S/C19H27NO/c1-4-13-20-19(17-12-9-14-21-17)18(15(3)5-2)16-10-7-6-8-11-16/h6-12,14-15,18-20H,4-5,13H2,1-3H3. The third kappa shape index (κ3) is 3.98. The highest BCUT2D eigenvalue weighted by Gasteiger charge is 2.30. The molecule has 0 saturated carbocycles. The molecule has 21 heavy (non-hydrogen) atoms. The maximum Gasteiger partial charge on any atom is 0.121 e. The number of benzene rings is 1. The third-order valence-electron chi connectivity index (χ3n) is 4.26. The molecule has 2 aromatic rings. The Labute approximate surface area is 128 Å². The van der Waals surface area contributed by atoms with Gasteiger partial charge in [0.05, 0.1) is 12.3 Å². The number of hydrogen-bond acceptors (Lipinski definition) is 2. The molecule has 114 valence electrons. The molecule has 1 aromatic carbocycles. The molecule has 0 bridgehead atoms. The molecule has 0 aliphatic rings. The van der Waals surface area contributed by atoms with Crippen molar-refractivity contribution in [2.45, 2.75) is 45.6 Å². The van der Waals surface area contributed by atoms with Crippen LogP contribution >= 0.6 is 0 Å². The van der Waals surface area contributed by atoms with E-state index in [1.807, 2.05) is 6.07 Å². The second-order valence-corrected chi connectivity index (χ2v) is 5.77. The summed E-state index contributed by atoms with van der Waals surface area (Å²) in [5.41, 5.74) is 1.39. The largest absolute Gasteiger partial charge is 0.468 e. The highest BCUT2D eigenvalue weighted by Crippen LogP contribution is 2.38. The molecule has 0 spiro atoms. The zero-order valence-electron chi connectivity index (χ0n) is 13.4. The minimum Gasteiger partial charge on any atom is -0.468 e. The fourth-order valence-electron chi connectivity index (χ4n) is 2.95. The van der Waals surface area contributed by atoms with Gasteiger partial charge in [-0.2, -0.15) is 0 Å². The van der Waals surface area contributed by atoms with Gasteiger partial charge in [0.1, 0.15) is 5.76 Å². The summed E-state index contributed by atoms with van der Waals surface area (Å²) in [7, 11) is 0. The van der Waals surface area contributed by atoms with Crippen molar-refractivity contribution in [1.29, 1.82) is 0 Å². The summed E-state index contributed by atoms with van der Waals surface area (Å²) in [6.07, 6.45) is 4.05. The predicted octanol–water partition coefficient (Wildman–Crippen LogP) is 5.15. The van der Waals surface area contributed by atoms with Crippen LogP contribution in [0.4, 0.5) is 0 Å². The summed E-state index contributed by atoms with van der Waals surface area (Å²) in [6.45, 7) is 7.80. The van der Waals surface area contributed by atoms with Crippen LogP contribution in [0.2, 0.25) is 0 Å². The molecule has 3 atom stereocenters. The first kappa shape index (κ1) is 15.8. The van der Waals surface area contributed by atoms with Crippen molar-refractivity contribution >= 4 is 0 Å². The van der Waals surface area contributed by atoms with E-state index in [1.54, 1.807) is 6.26 Å². The van der Waals surface area contributed by atoms with E-state index in [-0.39, 0.29) is 6.04 Å². The third-order valence-corrected chi connectivity index (χ3v) is 4.26. The van der Waals surface area contributed by atoms with Crippen LogP contribution in [-0.2, 0) is 0 Å². The van der Waals surface area contributed by atoms with Gasteiger partial charge in [-0.25, -0.2) is 0 Å². The van der Waals surface area contributed by atoms with Crippen LogP contribution in [-0.4, -0.2) is 6.54 Å². The molecule has 1 heterocycles. The van der Waals surface area contributed by atoms with Crippen LogP contribution in [0.15, 0.2) is 53.1 Å². The average molecular weight is 285 g/mol. The van der Waals surface area contributed by atoms with Crippen molar-refractivity contribution in [1.82, 2.24) is 5.32 Å². The van der Waals surface area contributed by atoms with E-state index in [4.69, 9.17) is 4.42 Å². The zero-order valence-corrected chi connectivity index (χ0v) is 13.4. The fraction of sp³-hybridized carbons (Fsp3) is 0.474. The zero-order chi connectivity index (χ0) is 15.1. The van der Waals surface area contributed by atoms with E-state index in [0.717, 1.165) is 25.1 Å². The monoisotopic (exact) mass is 285 g/mol. The van der Waals surface area contributed by atoms with Crippen LogP contribution in [0, 0.1) is 5.92 Å². The molecule has 2 heteroatoms. The van der Waals surface area contributed by atoms with Gasteiger partial charge in [-0.15, -0.1) is 0 Å². The van der Waals surface area contributed by atoms with E-state index in [2.05, 4.69) is 62.5 Å². The first-order valence-corrected chi connectivity index (χ1v) is 8.09. The van der Waals surface area contributed by atoms with Crippen molar-refractivity contribution in [3.05, 3.63) is 60.1 Å². The lowest BCUT2D eigenvalue weighted by molar-refractivity contribution is 0.300. The Hall–Kier alpha value is -1.54. The van der Waals surface area contributed by atoms with Crippen LogP contribution in [0.1, 0.15) is 56.9 Å². The van der Waals surface area contributed by atoms with Crippen molar-refractivity contribution in [2.75, 3.05) is 6.54 Å². The van der Waals surface area contributed by atoms with Crippen molar-refractivity contribution < 1.29 is 4.42 Å². The number of furan rings is 1.